The molecular weight excluding hydrogens is 376 g/mol. The summed E-state index contributed by atoms with van der Waals surface area (Å²) in [6.07, 6.45) is 22.4. The number of carbonyl (C=O) groups is 2. The van der Waals surface area contributed by atoms with E-state index in [1.807, 2.05) is 0 Å². The molecule has 6 nitrogen and oxygen atoms in total. The highest BCUT2D eigenvalue weighted by atomic mass is 16.2. The van der Waals surface area contributed by atoms with Gasteiger partial charge in [-0.1, -0.05) is 127 Å². The fourth-order valence-corrected chi connectivity index (χ4v) is 3.42. The van der Waals surface area contributed by atoms with Crippen molar-refractivity contribution in [2.75, 3.05) is 13.1 Å². The van der Waals surface area contributed by atoms with Gasteiger partial charge in [-0.05, 0) is 12.8 Å². The lowest BCUT2D eigenvalue weighted by atomic mass is 10.1. The van der Waals surface area contributed by atoms with Gasteiger partial charge in [0.05, 0.1) is 0 Å². The van der Waals surface area contributed by atoms with E-state index in [4.69, 9.17) is 0 Å². The summed E-state index contributed by atoms with van der Waals surface area (Å²) in [6.45, 7) is 5.65. The lowest BCUT2D eigenvalue weighted by Gasteiger charge is -2.03. The van der Waals surface area contributed by atoms with Crippen LogP contribution in [0.1, 0.15) is 129 Å². The maximum absolute atomic E-state index is 11.6. The van der Waals surface area contributed by atoms with Crippen LogP contribution in [0.3, 0.4) is 0 Å². The molecule has 0 atom stereocenters. The zero-order chi connectivity index (χ0) is 22.1. The van der Waals surface area contributed by atoms with E-state index in [-0.39, 0.29) is 0 Å². The Balaban J connectivity index is 3.41. The molecule has 0 aromatic heterocycles. The summed E-state index contributed by atoms with van der Waals surface area (Å²) in [4.78, 5) is 23.1. The second-order valence-corrected chi connectivity index (χ2v) is 8.32. The highest BCUT2D eigenvalue weighted by Gasteiger charge is 2.01. The molecule has 4 amide bonds. The summed E-state index contributed by atoms with van der Waals surface area (Å²) in [6, 6.07) is -1.07. The summed E-state index contributed by atoms with van der Waals surface area (Å²) in [5.41, 5.74) is 0. The molecule has 0 aromatic carbocycles. The van der Waals surface area contributed by atoms with Crippen molar-refractivity contribution >= 4 is 12.1 Å². The molecule has 0 radical (unpaired) electrons. The first kappa shape index (κ1) is 28.5. The molecule has 0 saturated carbocycles. The van der Waals surface area contributed by atoms with Crippen LogP contribution in [0.25, 0.3) is 0 Å². The molecule has 6 heteroatoms. The van der Waals surface area contributed by atoms with Gasteiger partial charge in [0.25, 0.3) is 0 Å². The molecule has 0 saturated heterocycles. The number of urea groups is 2. The molecule has 0 rings (SSSR count). The van der Waals surface area contributed by atoms with Crippen LogP contribution in [0.5, 0.6) is 0 Å². The summed E-state index contributed by atoms with van der Waals surface area (Å²) < 4.78 is 0. The van der Waals surface area contributed by atoms with Crippen molar-refractivity contribution in [3.8, 4) is 0 Å². The molecule has 0 heterocycles. The van der Waals surface area contributed by atoms with Crippen molar-refractivity contribution in [3.05, 3.63) is 0 Å². The largest absolute Gasteiger partial charge is 0.359 e. The van der Waals surface area contributed by atoms with E-state index < -0.39 is 12.1 Å². The van der Waals surface area contributed by atoms with Crippen LogP contribution in [0.4, 0.5) is 9.59 Å². The van der Waals surface area contributed by atoms with Gasteiger partial charge in [0.15, 0.2) is 0 Å². The van der Waals surface area contributed by atoms with Gasteiger partial charge in [-0.2, -0.15) is 0 Å². The number of carbonyl (C=O) groups excluding carboxylic acids is 2. The monoisotopic (exact) mass is 424 g/mol. The van der Waals surface area contributed by atoms with Gasteiger partial charge in [-0.15, -0.1) is 0 Å². The summed E-state index contributed by atoms with van der Waals surface area (Å²) in [5, 5.41) is 12.2. The third-order valence-corrected chi connectivity index (χ3v) is 5.34. The standard InChI is InChI=1S/C24H48N4O2/c1-3-5-7-9-11-13-15-17-19-21-25-23(29)27-28-24(30)26-22-20-18-16-14-12-10-8-6-4-2/h3-22H2,1-2H3,(H,25,29)(H,26,30). The Hall–Kier alpha value is -1.46. The maximum atomic E-state index is 11.6. The Kier molecular flexibility index (Phi) is 22.7. The van der Waals surface area contributed by atoms with Crippen LogP contribution in [0.2, 0.25) is 0 Å². The first-order valence-corrected chi connectivity index (χ1v) is 12.7. The molecule has 0 fully saturated rings. The minimum absolute atomic E-state index is 0.534. The molecule has 176 valence electrons. The van der Waals surface area contributed by atoms with E-state index in [9.17, 15) is 9.59 Å². The van der Waals surface area contributed by atoms with Gasteiger partial charge in [0.2, 0.25) is 0 Å². The number of unbranched alkanes of at least 4 members (excludes halogenated alkanes) is 16. The Morgan fingerprint density at radius 1 is 0.467 bits per heavy atom. The van der Waals surface area contributed by atoms with E-state index in [1.54, 1.807) is 0 Å². The van der Waals surface area contributed by atoms with E-state index >= 15 is 0 Å². The number of nitrogens with zero attached hydrogens (tertiary/aromatic N) is 2. The predicted octanol–water partition coefficient (Wildman–Crippen LogP) is 7.92. The number of nitrogens with one attached hydrogen (secondary N) is 2. The topological polar surface area (TPSA) is 82.9 Å². The molecule has 30 heavy (non-hydrogen) atoms. The normalized spacial score (nSPS) is 11.1. The van der Waals surface area contributed by atoms with Gasteiger partial charge < -0.3 is 10.6 Å². The molecular formula is C24H48N4O2. The number of hydrogen-bond acceptors (Lipinski definition) is 2. The van der Waals surface area contributed by atoms with E-state index in [0.29, 0.717) is 13.1 Å². The minimum Gasteiger partial charge on any atom is -0.335 e. The van der Waals surface area contributed by atoms with Crippen LogP contribution < -0.4 is 10.6 Å². The third-order valence-electron chi connectivity index (χ3n) is 5.34. The highest BCUT2D eigenvalue weighted by molar-refractivity contribution is 5.79. The molecule has 0 bridgehead atoms. The first-order chi connectivity index (χ1) is 14.7. The summed E-state index contributed by atoms with van der Waals surface area (Å²) in [7, 11) is 0. The van der Waals surface area contributed by atoms with Crippen molar-refractivity contribution in [2.45, 2.75) is 129 Å². The average molecular weight is 425 g/mol. The Morgan fingerprint density at radius 2 is 0.733 bits per heavy atom. The lowest BCUT2D eigenvalue weighted by Crippen LogP contribution is -2.23. The number of azo groups is 1. The van der Waals surface area contributed by atoms with Crippen LogP contribution in [0, 0.1) is 0 Å². The Morgan fingerprint density at radius 3 is 1.03 bits per heavy atom. The highest BCUT2D eigenvalue weighted by Crippen LogP contribution is 2.10. The van der Waals surface area contributed by atoms with Crippen molar-refractivity contribution in [3.63, 3.8) is 0 Å². The minimum atomic E-state index is -0.534. The number of rotatable bonds is 20. The van der Waals surface area contributed by atoms with Gasteiger partial charge in [-0.3, -0.25) is 0 Å². The average Bonchev–Trinajstić information content (AvgIpc) is 2.75. The Bertz CT molecular complexity index is 389. The maximum Gasteiger partial charge on any atom is 0.359 e. The van der Waals surface area contributed by atoms with Gasteiger partial charge in [-0.25, -0.2) is 9.59 Å². The molecule has 2 N–H and O–H groups in total. The van der Waals surface area contributed by atoms with Crippen LogP contribution in [0.15, 0.2) is 10.2 Å². The second kappa shape index (κ2) is 23.8. The number of amides is 4. The van der Waals surface area contributed by atoms with E-state index in [0.717, 1.165) is 25.7 Å². The summed E-state index contributed by atoms with van der Waals surface area (Å²) >= 11 is 0. The molecule has 0 unspecified atom stereocenters. The number of hydrogen-bond donors (Lipinski definition) is 2. The van der Waals surface area contributed by atoms with Crippen LogP contribution >= 0.6 is 0 Å². The third kappa shape index (κ3) is 22.8. The van der Waals surface area contributed by atoms with Crippen molar-refractivity contribution in [1.82, 2.24) is 10.6 Å². The second-order valence-electron chi connectivity index (χ2n) is 8.32. The van der Waals surface area contributed by atoms with Crippen molar-refractivity contribution < 1.29 is 9.59 Å². The zero-order valence-corrected chi connectivity index (χ0v) is 19.9. The van der Waals surface area contributed by atoms with E-state index in [2.05, 4.69) is 34.7 Å². The predicted molar refractivity (Wildman–Crippen MR) is 126 cm³/mol. The molecule has 0 aromatic rings. The van der Waals surface area contributed by atoms with Crippen LogP contribution in [-0.2, 0) is 0 Å². The first-order valence-electron chi connectivity index (χ1n) is 12.7. The van der Waals surface area contributed by atoms with Gasteiger partial charge in [0.1, 0.15) is 0 Å². The Labute approximate surface area is 185 Å². The zero-order valence-electron chi connectivity index (χ0n) is 19.9. The SMILES string of the molecule is CCCCCCCCCCCNC(=O)N=NC(=O)NCCCCCCCCCCC. The summed E-state index contributed by atoms with van der Waals surface area (Å²) in [5.74, 6) is 0. The van der Waals surface area contributed by atoms with Crippen molar-refractivity contribution in [1.29, 1.82) is 0 Å². The molecule has 0 spiro atoms. The molecule has 0 aliphatic rings. The van der Waals surface area contributed by atoms with E-state index in [1.165, 1.54) is 89.9 Å². The van der Waals surface area contributed by atoms with Crippen molar-refractivity contribution in [2.24, 2.45) is 10.2 Å². The fourth-order valence-electron chi connectivity index (χ4n) is 3.42. The van der Waals surface area contributed by atoms with Crippen LogP contribution in [-0.4, -0.2) is 25.2 Å². The van der Waals surface area contributed by atoms with Gasteiger partial charge in [0, 0.05) is 13.1 Å². The smallest absolute Gasteiger partial charge is 0.335 e. The van der Waals surface area contributed by atoms with Gasteiger partial charge >= 0.3 is 12.1 Å². The molecule has 0 aliphatic heterocycles. The fraction of sp³-hybridized carbons (Fsp3) is 0.917. The quantitative estimate of drug-likeness (QED) is 0.154. The lowest BCUT2D eigenvalue weighted by molar-refractivity contribution is 0.241. The molecule has 0 aliphatic carbocycles.